The fourth-order valence-corrected chi connectivity index (χ4v) is 2.41. The van der Waals surface area contributed by atoms with E-state index in [1.807, 2.05) is 20.0 Å². The second kappa shape index (κ2) is 5.14. The fraction of sp³-hybridized carbons (Fsp3) is 0.250. The van der Waals surface area contributed by atoms with Gasteiger partial charge in [0.2, 0.25) is 0 Å². The van der Waals surface area contributed by atoms with Crippen LogP contribution in [0.15, 0.2) is 34.6 Å². The standard InChI is InChI=1S/C12H14N4S/c1-8-4-9(2)16-12(5-8)17-11-6-10(13-3)14-7-15-11/h4-7H,1-3H3,(H,13,14,15). The number of anilines is 1. The van der Waals surface area contributed by atoms with Crippen LogP contribution in [-0.4, -0.2) is 22.0 Å². The van der Waals surface area contributed by atoms with Crippen LogP contribution in [0.1, 0.15) is 11.3 Å². The molecule has 0 aliphatic carbocycles. The summed E-state index contributed by atoms with van der Waals surface area (Å²) in [6, 6.07) is 6.02. The Kier molecular flexibility index (Phi) is 3.58. The Hall–Kier alpha value is -1.62. The van der Waals surface area contributed by atoms with Gasteiger partial charge < -0.3 is 5.32 Å². The molecule has 0 aromatic carbocycles. The quantitative estimate of drug-likeness (QED) is 0.844. The van der Waals surface area contributed by atoms with Crippen molar-refractivity contribution in [1.29, 1.82) is 0 Å². The van der Waals surface area contributed by atoms with E-state index in [0.29, 0.717) is 0 Å². The molecule has 0 amide bonds. The minimum Gasteiger partial charge on any atom is -0.373 e. The summed E-state index contributed by atoms with van der Waals surface area (Å²) in [6.45, 7) is 4.06. The van der Waals surface area contributed by atoms with Gasteiger partial charge in [-0.05, 0) is 43.3 Å². The Balaban J connectivity index is 2.24. The molecule has 17 heavy (non-hydrogen) atoms. The highest BCUT2D eigenvalue weighted by molar-refractivity contribution is 7.99. The Labute approximate surface area is 105 Å². The fourth-order valence-electron chi connectivity index (χ4n) is 1.50. The van der Waals surface area contributed by atoms with Crippen LogP contribution < -0.4 is 5.32 Å². The lowest BCUT2D eigenvalue weighted by molar-refractivity contribution is 1.02. The number of aromatic nitrogens is 3. The predicted octanol–water partition coefficient (Wildman–Crippen LogP) is 2.68. The van der Waals surface area contributed by atoms with E-state index in [0.717, 1.165) is 21.6 Å². The molecule has 0 fully saturated rings. The predicted molar refractivity (Wildman–Crippen MR) is 69.4 cm³/mol. The molecular weight excluding hydrogens is 232 g/mol. The first-order valence-electron chi connectivity index (χ1n) is 5.30. The third-order valence-electron chi connectivity index (χ3n) is 2.18. The Morgan fingerprint density at radius 2 is 1.88 bits per heavy atom. The summed E-state index contributed by atoms with van der Waals surface area (Å²) in [4.78, 5) is 12.8. The normalized spacial score (nSPS) is 10.3. The van der Waals surface area contributed by atoms with Gasteiger partial charge in [0.15, 0.2) is 0 Å². The topological polar surface area (TPSA) is 50.7 Å². The van der Waals surface area contributed by atoms with Gasteiger partial charge in [0.1, 0.15) is 22.2 Å². The summed E-state index contributed by atoms with van der Waals surface area (Å²) < 4.78 is 0. The average Bonchev–Trinajstić information content (AvgIpc) is 2.28. The van der Waals surface area contributed by atoms with E-state index >= 15 is 0 Å². The molecular formula is C12H14N4S. The first-order valence-corrected chi connectivity index (χ1v) is 6.12. The lowest BCUT2D eigenvalue weighted by Crippen LogP contribution is -1.94. The van der Waals surface area contributed by atoms with Crippen LogP contribution in [0.3, 0.4) is 0 Å². The lowest BCUT2D eigenvalue weighted by Gasteiger charge is -2.04. The van der Waals surface area contributed by atoms with Crippen LogP contribution >= 0.6 is 11.8 Å². The maximum atomic E-state index is 4.47. The van der Waals surface area contributed by atoms with Crippen LogP contribution in [0.2, 0.25) is 0 Å². The van der Waals surface area contributed by atoms with E-state index < -0.39 is 0 Å². The van der Waals surface area contributed by atoms with Crippen molar-refractivity contribution in [3.05, 3.63) is 35.8 Å². The summed E-state index contributed by atoms with van der Waals surface area (Å²) in [7, 11) is 1.84. The SMILES string of the molecule is CNc1cc(Sc2cc(C)cc(C)n2)ncn1. The van der Waals surface area contributed by atoms with Gasteiger partial charge in [-0.3, -0.25) is 0 Å². The molecule has 2 heterocycles. The number of hydrogen-bond acceptors (Lipinski definition) is 5. The minimum absolute atomic E-state index is 0.812. The number of aryl methyl sites for hydroxylation is 2. The van der Waals surface area contributed by atoms with Crippen LogP contribution in [0.25, 0.3) is 0 Å². The van der Waals surface area contributed by atoms with Crippen molar-refractivity contribution in [2.24, 2.45) is 0 Å². The van der Waals surface area contributed by atoms with Crippen LogP contribution in [-0.2, 0) is 0 Å². The molecule has 88 valence electrons. The molecule has 0 aliphatic heterocycles. The van der Waals surface area contributed by atoms with Gasteiger partial charge in [0.05, 0.1) is 0 Å². The Morgan fingerprint density at radius 3 is 2.59 bits per heavy atom. The molecule has 1 N–H and O–H groups in total. The molecule has 0 radical (unpaired) electrons. The van der Waals surface area contributed by atoms with Crippen molar-refractivity contribution in [2.75, 3.05) is 12.4 Å². The first-order chi connectivity index (χ1) is 8.17. The molecule has 0 aliphatic rings. The molecule has 5 heteroatoms. The first kappa shape index (κ1) is 11.9. The van der Waals surface area contributed by atoms with Crippen LogP contribution in [0, 0.1) is 13.8 Å². The maximum Gasteiger partial charge on any atom is 0.130 e. The zero-order valence-corrected chi connectivity index (χ0v) is 10.9. The van der Waals surface area contributed by atoms with Gasteiger partial charge in [0, 0.05) is 18.8 Å². The van der Waals surface area contributed by atoms with Crippen LogP contribution in [0.5, 0.6) is 0 Å². The zero-order chi connectivity index (χ0) is 12.3. The van der Waals surface area contributed by atoms with Crippen molar-refractivity contribution in [3.8, 4) is 0 Å². The number of hydrogen-bond donors (Lipinski definition) is 1. The van der Waals surface area contributed by atoms with Crippen molar-refractivity contribution < 1.29 is 0 Å². The molecule has 2 aromatic heterocycles. The third kappa shape index (κ3) is 3.17. The van der Waals surface area contributed by atoms with Crippen molar-refractivity contribution in [1.82, 2.24) is 15.0 Å². The summed E-state index contributed by atoms with van der Waals surface area (Å²) in [5.41, 5.74) is 2.23. The van der Waals surface area contributed by atoms with Gasteiger partial charge in [-0.2, -0.15) is 0 Å². The highest BCUT2D eigenvalue weighted by Gasteiger charge is 2.03. The van der Waals surface area contributed by atoms with Gasteiger partial charge in [-0.25, -0.2) is 15.0 Å². The molecule has 0 unspecified atom stereocenters. The van der Waals surface area contributed by atoms with Crippen LogP contribution in [0.4, 0.5) is 5.82 Å². The van der Waals surface area contributed by atoms with Gasteiger partial charge in [-0.15, -0.1) is 0 Å². The lowest BCUT2D eigenvalue weighted by atomic mass is 10.3. The van der Waals surface area contributed by atoms with E-state index in [4.69, 9.17) is 0 Å². The summed E-state index contributed by atoms with van der Waals surface area (Å²) in [5.74, 6) is 0.812. The second-order valence-corrected chi connectivity index (χ2v) is 4.76. The molecule has 0 bridgehead atoms. The Morgan fingerprint density at radius 1 is 1.06 bits per heavy atom. The number of nitrogens with one attached hydrogen (secondary N) is 1. The van der Waals surface area contributed by atoms with Gasteiger partial charge >= 0.3 is 0 Å². The van der Waals surface area contributed by atoms with E-state index in [1.165, 1.54) is 5.56 Å². The van der Waals surface area contributed by atoms with Gasteiger partial charge in [0.25, 0.3) is 0 Å². The summed E-state index contributed by atoms with van der Waals surface area (Å²) in [6.07, 6.45) is 1.55. The minimum atomic E-state index is 0.812. The maximum absolute atomic E-state index is 4.47. The van der Waals surface area contributed by atoms with E-state index in [-0.39, 0.29) is 0 Å². The van der Waals surface area contributed by atoms with E-state index in [9.17, 15) is 0 Å². The highest BCUT2D eigenvalue weighted by Crippen LogP contribution is 2.26. The number of rotatable bonds is 3. The number of nitrogens with zero attached hydrogens (tertiary/aromatic N) is 3. The Bertz CT molecular complexity index is 507. The molecule has 2 aromatic rings. The monoisotopic (exact) mass is 246 g/mol. The molecule has 0 saturated heterocycles. The van der Waals surface area contributed by atoms with Crippen molar-refractivity contribution in [2.45, 2.75) is 23.9 Å². The molecule has 0 atom stereocenters. The highest BCUT2D eigenvalue weighted by atomic mass is 32.2. The molecule has 0 spiro atoms. The molecule has 2 rings (SSSR count). The third-order valence-corrected chi connectivity index (χ3v) is 3.03. The van der Waals surface area contributed by atoms with E-state index in [1.54, 1.807) is 18.1 Å². The van der Waals surface area contributed by atoms with Gasteiger partial charge in [-0.1, -0.05) is 0 Å². The average molecular weight is 246 g/mol. The number of pyridine rings is 1. The summed E-state index contributed by atoms with van der Waals surface area (Å²) in [5, 5.41) is 4.84. The molecule has 0 saturated carbocycles. The smallest absolute Gasteiger partial charge is 0.130 e. The van der Waals surface area contributed by atoms with Crippen molar-refractivity contribution in [3.63, 3.8) is 0 Å². The zero-order valence-electron chi connectivity index (χ0n) is 10.1. The van der Waals surface area contributed by atoms with E-state index in [2.05, 4.69) is 39.3 Å². The summed E-state index contributed by atoms with van der Waals surface area (Å²) >= 11 is 1.54. The molecule has 4 nitrogen and oxygen atoms in total. The second-order valence-electron chi connectivity index (χ2n) is 3.72. The van der Waals surface area contributed by atoms with Crippen molar-refractivity contribution >= 4 is 17.6 Å². The largest absolute Gasteiger partial charge is 0.373 e.